The van der Waals surface area contributed by atoms with Gasteiger partial charge in [-0.25, -0.2) is 4.98 Å². The molecule has 0 aliphatic carbocycles. The summed E-state index contributed by atoms with van der Waals surface area (Å²) in [5, 5.41) is 4.81. The van der Waals surface area contributed by atoms with Crippen LogP contribution in [0.2, 0.25) is 0 Å². The zero-order valence-corrected chi connectivity index (χ0v) is 17.3. The first-order valence-electron chi connectivity index (χ1n) is 7.88. The number of benzene rings is 2. The molecule has 1 heterocycles. The Hall–Kier alpha value is -1.83. The second-order valence-corrected chi connectivity index (χ2v) is 8.47. The van der Waals surface area contributed by atoms with E-state index in [0.717, 1.165) is 25.9 Å². The number of nitrogens with zero attached hydrogens (tertiary/aromatic N) is 1. The monoisotopic (exact) mass is 448 g/mol. The van der Waals surface area contributed by atoms with Crippen LogP contribution in [0.3, 0.4) is 0 Å². The van der Waals surface area contributed by atoms with E-state index in [1.165, 1.54) is 5.56 Å². The van der Waals surface area contributed by atoms with E-state index >= 15 is 0 Å². The van der Waals surface area contributed by atoms with Gasteiger partial charge in [-0.05, 0) is 29.8 Å². The number of methoxy groups -OCH3 is 1. The average Bonchev–Trinajstić information content (AvgIpc) is 3.08. The van der Waals surface area contributed by atoms with Gasteiger partial charge >= 0.3 is 0 Å². The molecular formula is C19H17BrN2O2S2. The Balaban J connectivity index is 1.52. The predicted octanol–water partition coefficient (Wildman–Crippen LogP) is 5.39. The molecule has 1 N–H and O–H groups in total. The summed E-state index contributed by atoms with van der Waals surface area (Å²) in [4.78, 5) is 16.7. The van der Waals surface area contributed by atoms with Gasteiger partial charge < -0.3 is 10.1 Å². The lowest BCUT2D eigenvalue weighted by molar-refractivity contribution is -0.115. The Bertz CT molecular complexity index is 881. The Kier molecular flexibility index (Phi) is 6.71. The minimum absolute atomic E-state index is 0.0898. The maximum Gasteiger partial charge on any atom is 0.230 e. The van der Waals surface area contributed by atoms with E-state index in [0.29, 0.717) is 5.75 Å². The molecule has 0 saturated carbocycles. The van der Waals surface area contributed by atoms with Crippen molar-refractivity contribution >= 4 is 50.6 Å². The van der Waals surface area contributed by atoms with Crippen molar-refractivity contribution in [1.29, 1.82) is 0 Å². The van der Waals surface area contributed by atoms with E-state index in [1.807, 2.05) is 35.7 Å². The number of rotatable bonds is 7. The lowest BCUT2D eigenvalue weighted by Gasteiger charge is -2.06. The third-order valence-corrected chi connectivity index (χ3v) is 6.17. The van der Waals surface area contributed by atoms with Crippen molar-refractivity contribution in [2.24, 2.45) is 0 Å². The zero-order chi connectivity index (χ0) is 18.4. The molecule has 3 aromatic rings. The number of hydrogen-bond acceptors (Lipinski definition) is 5. The normalized spacial score (nSPS) is 10.5. The number of amides is 1. The quantitative estimate of drug-likeness (QED) is 0.492. The SMILES string of the molecule is COc1cccc(NC(=O)Cc2csc(SCc3ccc(Br)cc3)n2)c1. The van der Waals surface area contributed by atoms with Gasteiger partial charge in [0.15, 0.2) is 0 Å². The number of thiazole rings is 1. The van der Waals surface area contributed by atoms with Gasteiger partial charge in [-0.1, -0.05) is 45.9 Å². The summed E-state index contributed by atoms with van der Waals surface area (Å²) in [6.07, 6.45) is 0.257. The molecule has 134 valence electrons. The number of thioether (sulfide) groups is 1. The van der Waals surface area contributed by atoms with Crippen LogP contribution < -0.4 is 10.1 Å². The van der Waals surface area contributed by atoms with Crippen LogP contribution >= 0.6 is 39.0 Å². The number of anilines is 1. The molecule has 4 nitrogen and oxygen atoms in total. The first-order valence-corrected chi connectivity index (χ1v) is 10.5. The fourth-order valence-corrected chi connectivity index (χ4v) is 4.30. The second kappa shape index (κ2) is 9.21. The smallest absolute Gasteiger partial charge is 0.230 e. The standard InChI is InChI=1S/C19H17BrN2O2S2/c1-24-17-4-2-3-15(9-17)21-18(23)10-16-12-26-19(22-16)25-11-13-5-7-14(20)8-6-13/h2-9,12H,10-11H2,1H3,(H,21,23). The molecule has 0 unspecified atom stereocenters. The minimum Gasteiger partial charge on any atom is -0.497 e. The Morgan fingerprint density at radius 3 is 2.85 bits per heavy atom. The van der Waals surface area contributed by atoms with Crippen LogP contribution in [0, 0.1) is 0 Å². The largest absolute Gasteiger partial charge is 0.497 e. The van der Waals surface area contributed by atoms with Gasteiger partial charge in [0.1, 0.15) is 10.1 Å². The van der Waals surface area contributed by atoms with Gasteiger partial charge in [0.05, 0.1) is 19.2 Å². The fourth-order valence-electron chi connectivity index (χ4n) is 2.23. The fraction of sp³-hybridized carbons (Fsp3) is 0.158. The van der Waals surface area contributed by atoms with Gasteiger partial charge in [0.2, 0.25) is 5.91 Å². The first-order chi connectivity index (χ1) is 12.6. The predicted molar refractivity (Wildman–Crippen MR) is 111 cm³/mol. The van der Waals surface area contributed by atoms with E-state index in [4.69, 9.17) is 4.74 Å². The van der Waals surface area contributed by atoms with Gasteiger partial charge in [-0.2, -0.15) is 0 Å². The Labute approximate surface area is 169 Å². The number of aromatic nitrogens is 1. The molecule has 0 atom stereocenters. The topological polar surface area (TPSA) is 51.2 Å². The molecule has 26 heavy (non-hydrogen) atoms. The molecule has 0 radical (unpaired) electrons. The van der Waals surface area contributed by atoms with Crippen LogP contribution in [0.4, 0.5) is 5.69 Å². The molecule has 2 aromatic carbocycles. The molecule has 0 bridgehead atoms. The van der Waals surface area contributed by atoms with Gasteiger partial charge in [0, 0.05) is 27.4 Å². The van der Waals surface area contributed by atoms with E-state index in [2.05, 4.69) is 38.4 Å². The summed E-state index contributed by atoms with van der Waals surface area (Å²) >= 11 is 6.69. The molecule has 1 amide bonds. The molecule has 0 fully saturated rings. The van der Waals surface area contributed by atoms with Crippen LogP contribution in [-0.2, 0) is 17.0 Å². The highest BCUT2D eigenvalue weighted by molar-refractivity contribution is 9.10. The summed E-state index contributed by atoms with van der Waals surface area (Å²) in [6, 6.07) is 15.6. The highest BCUT2D eigenvalue weighted by Gasteiger charge is 2.09. The molecule has 7 heteroatoms. The maximum absolute atomic E-state index is 12.2. The summed E-state index contributed by atoms with van der Waals surface area (Å²) in [5.41, 5.74) is 2.74. The highest BCUT2D eigenvalue weighted by Crippen LogP contribution is 2.27. The van der Waals surface area contributed by atoms with Crippen molar-refractivity contribution in [2.45, 2.75) is 16.5 Å². The van der Waals surface area contributed by atoms with E-state index in [1.54, 1.807) is 36.3 Å². The third kappa shape index (κ3) is 5.59. The van der Waals surface area contributed by atoms with Crippen molar-refractivity contribution < 1.29 is 9.53 Å². The summed E-state index contributed by atoms with van der Waals surface area (Å²) < 4.78 is 7.20. The molecule has 1 aromatic heterocycles. The van der Waals surface area contributed by atoms with Crippen LogP contribution in [0.15, 0.2) is 62.7 Å². The number of carbonyl (C=O) groups excluding carboxylic acids is 1. The van der Waals surface area contributed by atoms with Crippen molar-refractivity contribution in [1.82, 2.24) is 4.98 Å². The Morgan fingerprint density at radius 1 is 1.27 bits per heavy atom. The first kappa shape index (κ1) is 18.9. The lowest BCUT2D eigenvalue weighted by atomic mass is 10.2. The third-order valence-electron chi connectivity index (χ3n) is 3.50. The molecule has 0 saturated heterocycles. The van der Waals surface area contributed by atoms with Gasteiger partial charge in [0.25, 0.3) is 0 Å². The number of nitrogens with one attached hydrogen (secondary N) is 1. The average molecular weight is 449 g/mol. The van der Waals surface area contributed by atoms with Crippen molar-refractivity contribution in [3.05, 3.63) is 69.6 Å². The van der Waals surface area contributed by atoms with Gasteiger partial charge in [-0.3, -0.25) is 4.79 Å². The second-order valence-electron chi connectivity index (χ2n) is 5.48. The van der Waals surface area contributed by atoms with Crippen LogP contribution in [0.1, 0.15) is 11.3 Å². The number of halogens is 1. The number of carbonyl (C=O) groups is 1. The summed E-state index contributed by atoms with van der Waals surface area (Å²) in [7, 11) is 1.60. The van der Waals surface area contributed by atoms with Crippen LogP contribution in [-0.4, -0.2) is 18.0 Å². The molecule has 3 rings (SSSR count). The van der Waals surface area contributed by atoms with Crippen molar-refractivity contribution in [2.75, 3.05) is 12.4 Å². The van der Waals surface area contributed by atoms with E-state index in [9.17, 15) is 4.79 Å². The summed E-state index contributed by atoms with van der Waals surface area (Å²) in [5.74, 6) is 1.48. The number of hydrogen-bond donors (Lipinski definition) is 1. The van der Waals surface area contributed by atoms with Crippen LogP contribution in [0.5, 0.6) is 5.75 Å². The highest BCUT2D eigenvalue weighted by atomic mass is 79.9. The van der Waals surface area contributed by atoms with Crippen molar-refractivity contribution in [3.63, 3.8) is 0 Å². The Morgan fingerprint density at radius 2 is 2.08 bits per heavy atom. The number of ether oxygens (including phenoxy) is 1. The minimum atomic E-state index is -0.0898. The lowest BCUT2D eigenvalue weighted by Crippen LogP contribution is -2.14. The molecule has 0 aliphatic heterocycles. The maximum atomic E-state index is 12.2. The molecular weight excluding hydrogens is 432 g/mol. The molecule has 0 spiro atoms. The van der Waals surface area contributed by atoms with E-state index < -0.39 is 0 Å². The van der Waals surface area contributed by atoms with Crippen LogP contribution in [0.25, 0.3) is 0 Å². The summed E-state index contributed by atoms with van der Waals surface area (Å²) in [6.45, 7) is 0. The van der Waals surface area contributed by atoms with Crippen molar-refractivity contribution in [3.8, 4) is 5.75 Å². The van der Waals surface area contributed by atoms with Gasteiger partial charge in [-0.15, -0.1) is 11.3 Å². The van der Waals surface area contributed by atoms with E-state index in [-0.39, 0.29) is 12.3 Å². The molecule has 0 aliphatic rings. The zero-order valence-electron chi connectivity index (χ0n) is 14.1.